The third-order valence-corrected chi connectivity index (χ3v) is 2.29. The van der Waals surface area contributed by atoms with Crippen LogP contribution >= 0.6 is 0 Å². The Kier molecular flexibility index (Phi) is 4.18. The molecule has 90 valence electrons. The first-order valence-electron chi connectivity index (χ1n) is 4.93. The third kappa shape index (κ3) is 3.73. The number of aryl methyl sites for hydroxylation is 1. The number of aliphatic hydroxyl groups excluding tert-OH is 1. The van der Waals surface area contributed by atoms with Crippen molar-refractivity contribution in [3.8, 4) is 5.75 Å². The Hall–Kier alpha value is -1.23. The molecule has 0 saturated heterocycles. The van der Waals surface area contributed by atoms with Gasteiger partial charge in [-0.15, -0.1) is 0 Å². The highest BCUT2D eigenvalue weighted by Crippen LogP contribution is 2.25. The molecule has 1 rings (SSSR count). The van der Waals surface area contributed by atoms with Crippen molar-refractivity contribution in [3.63, 3.8) is 0 Å². The Labute approximate surface area is 91.3 Å². The van der Waals surface area contributed by atoms with Gasteiger partial charge in [-0.05, 0) is 30.9 Å². The zero-order valence-electron chi connectivity index (χ0n) is 8.54. The lowest BCUT2D eigenvalue weighted by atomic mass is 10.0. The summed E-state index contributed by atoms with van der Waals surface area (Å²) in [6.07, 6.45) is -6.69. The monoisotopic (exact) mass is 234 g/mol. The summed E-state index contributed by atoms with van der Waals surface area (Å²) in [4.78, 5) is 0. The van der Waals surface area contributed by atoms with E-state index in [1.54, 1.807) is 18.2 Å². The van der Waals surface area contributed by atoms with E-state index in [9.17, 15) is 18.3 Å². The maximum atomic E-state index is 12.0. The molecule has 0 heterocycles. The normalized spacial score (nSPS) is 13.8. The largest absolute Gasteiger partial charge is 0.508 e. The van der Waals surface area contributed by atoms with Gasteiger partial charge < -0.3 is 10.2 Å². The van der Waals surface area contributed by atoms with Gasteiger partial charge in [-0.3, -0.25) is 0 Å². The number of hydrogen-bond acceptors (Lipinski definition) is 2. The number of phenols is 1. The van der Waals surface area contributed by atoms with Crippen LogP contribution in [0.2, 0.25) is 0 Å². The number of aliphatic hydroxyl groups is 1. The fourth-order valence-electron chi connectivity index (χ4n) is 1.37. The zero-order valence-corrected chi connectivity index (χ0v) is 8.54. The molecule has 1 unspecified atom stereocenters. The van der Waals surface area contributed by atoms with E-state index < -0.39 is 12.3 Å². The molecule has 0 aliphatic rings. The van der Waals surface area contributed by atoms with Crippen LogP contribution in [0.1, 0.15) is 18.4 Å². The summed E-state index contributed by atoms with van der Waals surface area (Å²) in [5.41, 5.74) is 0.594. The van der Waals surface area contributed by atoms with E-state index in [2.05, 4.69) is 0 Å². The standard InChI is InChI=1S/C11H13F3O2/c12-11(13,14)10(16)7-3-5-8-4-1-2-6-9(8)15/h1-2,4,6,10,15-16H,3,5,7H2. The molecule has 0 bridgehead atoms. The molecule has 1 aromatic rings. The van der Waals surface area contributed by atoms with Gasteiger partial charge >= 0.3 is 6.18 Å². The third-order valence-electron chi connectivity index (χ3n) is 2.29. The van der Waals surface area contributed by atoms with Gasteiger partial charge in [-0.2, -0.15) is 13.2 Å². The summed E-state index contributed by atoms with van der Waals surface area (Å²) >= 11 is 0. The second kappa shape index (κ2) is 5.21. The average Bonchev–Trinajstić information content (AvgIpc) is 2.19. The van der Waals surface area contributed by atoms with Gasteiger partial charge in [0, 0.05) is 0 Å². The molecular formula is C11H13F3O2. The van der Waals surface area contributed by atoms with Crippen molar-refractivity contribution in [3.05, 3.63) is 29.8 Å². The summed E-state index contributed by atoms with van der Waals surface area (Å²) in [7, 11) is 0. The van der Waals surface area contributed by atoms with E-state index in [4.69, 9.17) is 5.11 Å². The molecule has 0 aliphatic heterocycles. The highest BCUT2D eigenvalue weighted by molar-refractivity contribution is 5.31. The van der Waals surface area contributed by atoms with Crippen molar-refractivity contribution in [1.29, 1.82) is 0 Å². The summed E-state index contributed by atoms with van der Waals surface area (Å²) in [6.45, 7) is 0. The Morgan fingerprint density at radius 3 is 2.38 bits per heavy atom. The predicted molar refractivity (Wildman–Crippen MR) is 53.1 cm³/mol. The molecule has 0 spiro atoms. The molecule has 0 radical (unpaired) electrons. The van der Waals surface area contributed by atoms with Gasteiger partial charge in [-0.1, -0.05) is 18.2 Å². The fraction of sp³-hybridized carbons (Fsp3) is 0.455. The maximum absolute atomic E-state index is 12.0. The Morgan fingerprint density at radius 2 is 1.81 bits per heavy atom. The van der Waals surface area contributed by atoms with Crippen molar-refractivity contribution in [2.24, 2.45) is 0 Å². The molecule has 1 atom stereocenters. The predicted octanol–water partition coefficient (Wildman–Crippen LogP) is 2.64. The Morgan fingerprint density at radius 1 is 1.19 bits per heavy atom. The summed E-state index contributed by atoms with van der Waals surface area (Å²) < 4.78 is 35.9. The van der Waals surface area contributed by atoms with Crippen LogP contribution in [0.4, 0.5) is 13.2 Å². The number of rotatable bonds is 4. The molecule has 0 fully saturated rings. The summed E-state index contributed by atoms with van der Waals surface area (Å²) in [5, 5.41) is 18.1. The molecule has 0 aromatic heterocycles. The quantitative estimate of drug-likeness (QED) is 0.840. The second-order valence-corrected chi connectivity index (χ2v) is 3.58. The first-order valence-corrected chi connectivity index (χ1v) is 4.93. The minimum absolute atomic E-state index is 0.0731. The minimum atomic E-state index is -4.56. The lowest BCUT2D eigenvalue weighted by Crippen LogP contribution is -2.28. The highest BCUT2D eigenvalue weighted by atomic mass is 19.4. The number of phenolic OH excluding ortho intramolecular Hbond substituents is 1. The summed E-state index contributed by atoms with van der Waals surface area (Å²) in [5.74, 6) is 0.0731. The van der Waals surface area contributed by atoms with Gasteiger partial charge in [0.2, 0.25) is 0 Å². The fourth-order valence-corrected chi connectivity index (χ4v) is 1.37. The van der Waals surface area contributed by atoms with Crippen LogP contribution in [0, 0.1) is 0 Å². The van der Waals surface area contributed by atoms with Crippen LogP contribution in [0.5, 0.6) is 5.75 Å². The van der Waals surface area contributed by atoms with Gasteiger partial charge in [0.15, 0.2) is 0 Å². The molecular weight excluding hydrogens is 221 g/mol. The van der Waals surface area contributed by atoms with E-state index in [0.717, 1.165) is 0 Å². The van der Waals surface area contributed by atoms with Crippen LogP contribution < -0.4 is 0 Å². The van der Waals surface area contributed by atoms with E-state index >= 15 is 0 Å². The molecule has 16 heavy (non-hydrogen) atoms. The molecule has 5 heteroatoms. The lowest BCUT2D eigenvalue weighted by molar-refractivity contribution is -0.205. The number of halogens is 3. The van der Waals surface area contributed by atoms with E-state index in [0.29, 0.717) is 12.0 Å². The van der Waals surface area contributed by atoms with Crippen molar-refractivity contribution in [1.82, 2.24) is 0 Å². The van der Waals surface area contributed by atoms with Crippen LogP contribution in [0.25, 0.3) is 0 Å². The number of aromatic hydroxyl groups is 1. The topological polar surface area (TPSA) is 40.5 Å². The van der Waals surface area contributed by atoms with Crippen LogP contribution in [0.15, 0.2) is 24.3 Å². The molecule has 2 nitrogen and oxygen atoms in total. The van der Waals surface area contributed by atoms with Crippen molar-refractivity contribution in [2.45, 2.75) is 31.5 Å². The second-order valence-electron chi connectivity index (χ2n) is 3.58. The average molecular weight is 234 g/mol. The maximum Gasteiger partial charge on any atom is 0.414 e. The van der Waals surface area contributed by atoms with E-state index in [-0.39, 0.29) is 18.6 Å². The molecule has 2 N–H and O–H groups in total. The van der Waals surface area contributed by atoms with Gasteiger partial charge in [-0.25, -0.2) is 0 Å². The Balaban J connectivity index is 2.40. The number of para-hydroxylation sites is 1. The van der Waals surface area contributed by atoms with Crippen LogP contribution in [-0.4, -0.2) is 22.5 Å². The van der Waals surface area contributed by atoms with E-state index in [1.807, 2.05) is 0 Å². The highest BCUT2D eigenvalue weighted by Gasteiger charge is 2.37. The minimum Gasteiger partial charge on any atom is -0.508 e. The van der Waals surface area contributed by atoms with E-state index in [1.165, 1.54) is 6.07 Å². The Bertz CT molecular complexity index is 336. The van der Waals surface area contributed by atoms with Crippen molar-refractivity contribution in [2.75, 3.05) is 0 Å². The van der Waals surface area contributed by atoms with Crippen LogP contribution in [0.3, 0.4) is 0 Å². The molecule has 1 aromatic carbocycles. The van der Waals surface area contributed by atoms with Gasteiger partial charge in [0.25, 0.3) is 0 Å². The smallest absolute Gasteiger partial charge is 0.414 e. The first-order chi connectivity index (χ1) is 7.41. The van der Waals surface area contributed by atoms with Crippen molar-refractivity contribution < 1.29 is 23.4 Å². The van der Waals surface area contributed by atoms with Gasteiger partial charge in [0.05, 0.1) is 0 Å². The van der Waals surface area contributed by atoms with Crippen molar-refractivity contribution >= 4 is 0 Å². The molecule has 0 amide bonds. The molecule has 0 saturated carbocycles. The molecule has 0 aliphatic carbocycles. The van der Waals surface area contributed by atoms with Gasteiger partial charge in [0.1, 0.15) is 11.9 Å². The summed E-state index contributed by atoms with van der Waals surface area (Å²) in [6, 6.07) is 6.48. The number of alkyl halides is 3. The lowest BCUT2D eigenvalue weighted by Gasteiger charge is -2.14. The SMILES string of the molecule is Oc1ccccc1CCCC(O)C(F)(F)F. The first kappa shape index (κ1) is 12.8. The van der Waals surface area contributed by atoms with Crippen LogP contribution in [-0.2, 0) is 6.42 Å². The number of hydrogen-bond donors (Lipinski definition) is 2. The zero-order chi connectivity index (χ0) is 12.2. The number of benzene rings is 1.